The minimum absolute atomic E-state index is 0.0194. The van der Waals surface area contributed by atoms with Gasteiger partial charge in [0.05, 0.1) is 40.0 Å². The Bertz CT molecular complexity index is 3490. The third-order valence-electron chi connectivity index (χ3n) is 14.8. The maximum absolute atomic E-state index is 17.2. The van der Waals surface area contributed by atoms with E-state index in [0.717, 1.165) is 16.1 Å². The van der Waals surface area contributed by atoms with E-state index in [1.165, 1.54) is 17.4 Å². The first-order chi connectivity index (χ1) is 39.8. The molecule has 83 heavy (non-hydrogen) atoms. The van der Waals surface area contributed by atoms with Crippen LogP contribution in [-0.2, 0) is 30.4 Å². The number of hydrogen-bond donors (Lipinski definition) is 4. The maximum Gasteiger partial charge on any atom is 0.410 e. The van der Waals surface area contributed by atoms with Crippen LogP contribution >= 0.6 is 22.9 Å². The first kappa shape index (κ1) is 59.9. The number of ether oxygens (including phenoxy) is 3. The minimum atomic E-state index is -0.794. The van der Waals surface area contributed by atoms with Gasteiger partial charge in [-0.1, -0.05) is 60.1 Å². The number of hydrogen-bond acceptors (Lipinski definition) is 17. The molecule has 2 aliphatic rings. The summed E-state index contributed by atoms with van der Waals surface area (Å²) in [6.07, 6.45) is 0.743. The summed E-state index contributed by atoms with van der Waals surface area (Å²) in [5, 5.41) is 32.7. The first-order valence-corrected chi connectivity index (χ1v) is 29.0. The molecule has 4 N–H and O–H groups in total. The summed E-state index contributed by atoms with van der Waals surface area (Å²) in [5.74, 6) is -1.45. The normalized spacial score (nSPS) is 15.4. The standard InChI is InChI=1S/C60H70ClFN10O10S/c1-35(33-73)50(48-27-36(2)68-82-48)57(77)72-18-10-13-46(72)56(76)64-32-40-15-14-39(54-37(3)65-34-83-54)29-47(40)80-26-25-79-24-23-69(7)49(75)16-17-63-58-66-53-44(55(67-58)70-19-21-71(22-20-70)59(78)81-60(4,5)6)31-45(61)51(52(53)62)43-30-41(74)28-38-11-8-9-12-42(38)43/h8-9,11-12,14-15,27-31,34-35,46,50,73-74H,10,13,16-26,32-33H2,1-7H3,(H,64,76)(H,63,66,67)/t35?,46?,50-/m0/s1. The van der Waals surface area contributed by atoms with Crippen LogP contribution in [0.25, 0.3) is 43.2 Å². The second-order valence-corrected chi connectivity index (χ2v) is 23.2. The van der Waals surface area contributed by atoms with E-state index in [0.29, 0.717) is 95.9 Å². The van der Waals surface area contributed by atoms with Crippen molar-refractivity contribution in [1.82, 2.24) is 40.1 Å². The summed E-state index contributed by atoms with van der Waals surface area (Å²) in [6, 6.07) is 18.7. The Balaban J connectivity index is 0.813. The molecule has 2 aliphatic heterocycles. The zero-order chi connectivity index (χ0) is 59.1. The molecule has 440 valence electrons. The van der Waals surface area contributed by atoms with E-state index in [1.807, 2.05) is 75.1 Å². The number of nitrogens with zero attached hydrogens (tertiary/aromatic N) is 8. The maximum atomic E-state index is 17.2. The van der Waals surface area contributed by atoms with Crippen LogP contribution in [-0.4, -0.2) is 160 Å². The molecule has 23 heteroatoms. The molecule has 3 atom stereocenters. The Hall–Kier alpha value is -7.66. The number of benzene rings is 4. The summed E-state index contributed by atoms with van der Waals surface area (Å²) in [6.45, 7) is 13.5. The predicted octanol–water partition coefficient (Wildman–Crippen LogP) is 9.11. The number of carbonyl (C=O) groups is 4. The molecule has 2 unspecified atom stereocenters. The lowest BCUT2D eigenvalue weighted by molar-refractivity contribution is -0.141. The van der Waals surface area contributed by atoms with Crippen molar-refractivity contribution in [3.8, 4) is 33.1 Å². The Morgan fingerprint density at radius 2 is 1.76 bits per heavy atom. The van der Waals surface area contributed by atoms with Gasteiger partial charge in [-0.2, -0.15) is 4.98 Å². The fraction of sp³-hybridized carbons (Fsp3) is 0.433. The van der Waals surface area contributed by atoms with Crippen LogP contribution in [0, 0.1) is 25.6 Å². The van der Waals surface area contributed by atoms with Crippen molar-refractivity contribution in [3.05, 3.63) is 106 Å². The highest BCUT2D eigenvalue weighted by molar-refractivity contribution is 7.13. The van der Waals surface area contributed by atoms with Crippen LogP contribution in [0.1, 0.15) is 75.6 Å². The number of likely N-dealkylation sites (N-methyl/N-ethyl adjacent to an activating group) is 1. The van der Waals surface area contributed by atoms with E-state index in [4.69, 9.17) is 35.3 Å². The Kier molecular flexibility index (Phi) is 19.0. The van der Waals surface area contributed by atoms with Crippen LogP contribution in [0.5, 0.6) is 11.5 Å². The number of anilines is 2. The van der Waals surface area contributed by atoms with Gasteiger partial charge in [-0.25, -0.2) is 19.2 Å². The minimum Gasteiger partial charge on any atom is -0.508 e. The fourth-order valence-electron chi connectivity index (χ4n) is 10.4. The van der Waals surface area contributed by atoms with Gasteiger partial charge in [0.1, 0.15) is 52.8 Å². The molecule has 4 aromatic carbocycles. The molecule has 7 aromatic rings. The van der Waals surface area contributed by atoms with Gasteiger partial charge in [0.25, 0.3) is 0 Å². The smallest absolute Gasteiger partial charge is 0.410 e. The number of likely N-dealkylation sites (tertiary alicyclic amines) is 1. The highest BCUT2D eigenvalue weighted by atomic mass is 35.5. The van der Waals surface area contributed by atoms with E-state index in [-0.39, 0.29) is 98.0 Å². The lowest BCUT2D eigenvalue weighted by Crippen LogP contribution is -2.50. The molecule has 5 heterocycles. The highest BCUT2D eigenvalue weighted by Gasteiger charge is 2.41. The number of phenols is 1. The predicted molar refractivity (Wildman–Crippen MR) is 315 cm³/mol. The molecule has 3 aromatic heterocycles. The first-order valence-electron chi connectivity index (χ1n) is 27.8. The number of aryl methyl sites for hydroxylation is 2. The zero-order valence-electron chi connectivity index (χ0n) is 47.7. The number of aromatic hydroxyl groups is 1. The van der Waals surface area contributed by atoms with Crippen LogP contribution in [0.4, 0.5) is 21.0 Å². The van der Waals surface area contributed by atoms with E-state index in [9.17, 15) is 29.4 Å². The third kappa shape index (κ3) is 14.1. The second kappa shape index (κ2) is 26.3. The van der Waals surface area contributed by atoms with Crippen LogP contribution in [0.2, 0.25) is 5.02 Å². The molecule has 20 nitrogen and oxygen atoms in total. The molecule has 0 bridgehead atoms. The molecule has 9 rings (SSSR count). The quantitative estimate of drug-likeness (QED) is 0.0491. The number of phenolic OH excluding ortho intramolecular Hbond substituents is 1. The topological polar surface area (TPSA) is 238 Å². The molecular weight excluding hydrogens is 1110 g/mol. The summed E-state index contributed by atoms with van der Waals surface area (Å²) < 4.78 is 40.5. The number of aliphatic hydroxyl groups is 1. The van der Waals surface area contributed by atoms with Crippen molar-refractivity contribution >= 4 is 80.2 Å². The van der Waals surface area contributed by atoms with Gasteiger partial charge in [0, 0.05) is 95.0 Å². The number of piperazine rings is 1. The lowest BCUT2D eigenvalue weighted by Gasteiger charge is -2.36. The van der Waals surface area contributed by atoms with Gasteiger partial charge >= 0.3 is 6.09 Å². The van der Waals surface area contributed by atoms with E-state index in [1.54, 1.807) is 59.3 Å². The summed E-state index contributed by atoms with van der Waals surface area (Å²) in [7, 11) is 1.68. The Morgan fingerprint density at radius 3 is 2.48 bits per heavy atom. The average molecular weight is 1180 g/mol. The lowest BCUT2D eigenvalue weighted by atomic mass is 9.90. The summed E-state index contributed by atoms with van der Waals surface area (Å²) in [4.78, 5) is 75.9. The molecule has 2 fully saturated rings. The van der Waals surface area contributed by atoms with E-state index >= 15 is 4.39 Å². The van der Waals surface area contributed by atoms with Gasteiger partial charge < -0.3 is 59.2 Å². The monoisotopic (exact) mass is 1180 g/mol. The van der Waals surface area contributed by atoms with Crippen LogP contribution in [0.15, 0.2) is 76.8 Å². The summed E-state index contributed by atoms with van der Waals surface area (Å²) >= 11 is 8.45. The number of halogens is 2. The number of aromatic nitrogens is 4. The highest BCUT2D eigenvalue weighted by Crippen LogP contribution is 2.43. The molecule has 0 radical (unpaired) electrons. The van der Waals surface area contributed by atoms with Crippen molar-refractivity contribution in [2.45, 2.75) is 84.9 Å². The number of fused-ring (bicyclic) bond motifs is 2. The molecular formula is C60H70ClFN10O10S. The molecule has 4 amide bonds. The zero-order valence-corrected chi connectivity index (χ0v) is 49.2. The van der Waals surface area contributed by atoms with Gasteiger partial charge in [-0.3, -0.25) is 14.4 Å². The van der Waals surface area contributed by atoms with Crippen molar-refractivity contribution in [2.75, 3.05) is 89.5 Å². The number of thiazole rings is 1. The molecule has 0 aliphatic carbocycles. The van der Waals surface area contributed by atoms with Crippen LogP contribution in [0.3, 0.4) is 0 Å². The fourth-order valence-corrected chi connectivity index (χ4v) is 11.5. The van der Waals surface area contributed by atoms with Gasteiger partial charge in [0.2, 0.25) is 23.7 Å². The Morgan fingerprint density at radius 1 is 0.976 bits per heavy atom. The third-order valence-corrected chi connectivity index (χ3v) is 16.0. The molecule has 2 saturated heterocycles. The average Bonchev–Trinajstić information content (AvgIpc) is 3.14. The molecule has 0 spiro atoms. The number of carbonyl (C=O) groups excluding carboxylic acids is 4. The SMILES string of the molecule is Cc1cc([C@@H](C(=O)N2CCCC2C(=O)NCc2ccc(-c3scnc3C)cc2OCCOCCN(C)C(=O)CCNc2nc(N3CCN(C(=O)OC(C)(C)C)CC3)c3cc(Cl)c(-c4cc(O)cc5ccccc45)c(F)c3n2)C(C)CO)on1. The Labute approximate surface area is 489 Å². The summed E-state index contributed by atoms with van der Waals surface area (Å²) in [5.41, 5.74) is 4.64. The second-order valence-electron chi connectivity index (χ2n) is 21.9. The van der Waals surface area contributed by atoms with Crippen LogP contribution < -0.4 is 20.3 Å². The van der Waals surface area contributed by atoms with Crippen molar-refractivity contribution < 1.29 is 52.5 Å². The molecule has 0 saturated carbocycles. The van der Waals surface area contributed by atoms with Gasteiger partial charge in [-0.05, 0) is 99.5 Å². The largest absolute Gasteiger partial charge is 0.508 e. The van der Waals surface area contributed by atoms with Crippen molar-refractivity contribution in [3.63, 3.8) is 0 Å². The number of rotatable bonds is 21. The van der Waals surface area contributed by atoms with Crippen molar-refractivity contribution in [1.29, 1.82) is 0 Å². The van der Waals surface area contributed by atoms with Gasteiger partial charge in [0.15, 0.2) is 5.82 Å². The van der Waals surface area contributed by atoms with E-state index in [2.05, 4.69) is 25.8 Å². The number of aliphatic hydroxyl groups excluding tert-OH is 1. The van der Waals surface area contributed by atoms with Crippen molar-refractivity contribution in [2.24, 2.45) is 5.92 Å². The van der Waals surface area contributed by atoms with Gasteiger partial charge in [-0.15, -0.1) is 11.3 Å². The number of amides is 4. The van der Waals surface area contributed by atoms with E-state index < -0.39 is 35.4 Å². The number of nitrogens with one attached hydrogen (secondary N) is 2.